The van der Waals surface area contributed by atoms with Crippen LogP contribution in [-0.4, -0.2) is 41.3 Å². The Kier molecular flexibility index (Phi) is 5.08. The number of hydrogen-bond acceptors (Lipinski definition) is 4. The van der Waals surface area contributed by atoms with Crippen LogP contribution >= 0.6 is 15.9 Å². The van der Waals surface area contributed by atoms with Gasteiger partial charge in [-0.1, -0.05) is 0 Å². The molecule has 20 heavy (non-hydrogen) atoms. The lowest BCUT2D eigenvalue weighted by Gasteiger charge is -2.31. The molecule has 0 spiro atoms. The molecular formula is C13H17BrN4O2. The minimum absolute atomic E-state index is 0.0113. The molecule has 6 nitrogen and oxygen atoms in total. The number of rotatable bonds is 3. The summed E-state index contributed by atoms with van der Waals surface area (Å²) >= 11 is 3.29. The van der Waals surface area contributed by atoms with E-state index in [4.69, 9.17) is 5.73 Å². The van der Waals surface area contributed by atoms with Gasteiger partial charge in [-0.3, -0.25) is 9.59 Å². The molecule has 3 N–H and O–H groups in total. The lowest BCUT2D eigenvalue weighted by molar-refractivity contribution is -0.133. The van der Waals surface area contributed by atoms with Crippen molar-refractivity contribution in [2.24, 2.45) is 11.7 Å². The van der Waals surface area contributed by atoms with Crippen LogP contribution in [0.5, 0.6) is 0 Å². The number of carbonyl (C=O) groups excluding carboxylic acids is 2. The van der Waals surface area contributed by atoms with Crippen molar-refractivity contribution in [1.29, 1.82) is 0 Å². The quantitative estimate of drug-likeness (QED) is 0.858. The molecule has 0 aliphatic carbocycles. The molecule has 1 aromatic heterocycles. The Morgan fingerprint density at radius 1 is 1.50 bits per heavy atom. The Morgan fingerprint density at radius 2 is 2.30 bits per heavy atom. The Labute approximate surface area is 125 Å². The van der Waals surface area contributed by atoms with Gasteiger partial charge in [0.15, 0.2) is 0 Å². The van der Waals surface area contributed by atoms with Crippen LogP contribution in [-0.2, 0) is 9.59 Å². The predicted octanol–water partition coefficient (Wildman–Crippen LogP) is 0.980. The molecule has 1 unspecified atom stereocenters. The summed E-state index contributed by atoms with van der Waals surface area (Å²) in [6.07, 6.45) is 3.22. The van der Waals surface area contributed by atoms with Gasteiger partial charge in [0.25, 0.3) is 0 Å². The van der Waals surface area contributed by atoms with E-state index < -0.39 is 0 Å². The van der Waals surface area contributed by atoms with Gasteiger partial charge in [-0.05, 0) is 40.9 Å². The average Bonchev–Trinajstić information content (AvgIpc) is 2.49. The molecule has 1 aliphatic rings. The maximum Gasteiger partial charge on any atom is 0.236 e. The fourth-order valence-electron chi connectivity index (χ4n) is 2.22. The van der Waals surface area contributed by atoms with Gasteiger partial charge < -0.3 is 16.0 Å². The highest BCUT2D eigenvalue weighted by atomic mass is 79.9. The third-order valence-corrected chi connectivity index (χ3v) is 3.77. The summed E-state index contributed by atoms with van der Waals surface area (Å²) in [7, 11) is 0. The van der Waals surface area contributed by atoms with Crippen LogP contribution in [0, 0.1) is 5.92 Å². The van der Waals surface area contributed by atoms with Crippen molar-refractivity contribution in [3.05, 3.63) is 22.8 Å². The van der Waals surface area contributed by atoms with Crippen LogP contribution in [0.3, 0.4) is 0 Å². The normalized spacial score (nSPS) is 18.7. The van der Waals surface area contributed by atoms with E-state index in [-0.39, 0.29) is 24.3 Å². The highest BCUT2D eigenvalue weighted by molar-refractivity contribution is 9.10. The molecular weight excluding hydrogens is 324 g/mol. The molecule has 2 rings (SSSR count). The molecule has 1 aliphatic heterocycles. The lowest BCUT2D eigenvalue weighted by atomic mass is 9.97. The zero-order valence-electron chi connectivity index (χ0n) is 11.0. The van der Waals surface area contributed by atoms with E-state index in [2.05, 4.69) is 26.2 Å². The summed E-state index contributed by atoms with van der Waals surface area (Å²) < 4.78 is 0.855. The van der Waals surface area contributed by atoms with Crippen molar-refractivity contribution in [2.75, 3.05) is 25.0 Å². The largest absolute Gasteiger partial charge is 0.341 e. The van der Waals surface area contributed by atoms with E-state index in [9.17, 15) is 9.59 Å². The molecule has 1 saturated heterocycles. The van der Waals surface area contributed by atoms with Gasteiger partial charge in [0.1, 0.15) is 5.82 Å². The van der Waals surface area contributed by atoms with Crippen LogP contribution in [0.4, 0.5) is 5.82 Å². The summed E-state index contributed by atoms with van der Waals surface area (Å²) in [5.41, 5.74) is 5.36. The molecule has 2 heterocycles. The first kappa shape index (κ1) is 14.9. The Balaban J connectivity index is 1.95. The van der Waals surface area contributed by atoms with Crippen LogP contribution in [0.2, 0.25) is 0 Å². The van der Waals surface area contributed by atoms with Gasteiger partial charge in [0.2, 0.25) is 11.8 Å². The third kappa shape index (κ3) is 3.77. The zero-order chi connectivity index (χ0) is 14.5. The van der Waals surface area contributed by atoms with Gasteiger partial charge in [-0.25, -0.2) is 4.98 Å². The number of nitrogens with two attached hydrogens (primary N) is 1. The SMILES string of the molecule is NCC(=O)N1CCCC(C(=O)Nc2ccc(Br)cn2)C1. The number of likely N-dealkylation sites (tertiary alicyclic amines) is 1. The first-order chi connectivity index (χ1) is 9.60. The number of hydrogen-bond donors (Lipinski definition) is 2. The van der Waals surface area contributed by atoms with Crippen molar-refractivity contribution in [2.45, 2.75) is 12.8 Å². The van der Waals surface area contributed by atoms with Gasteiger partial charge in [-0.15, -0.1) is 0 Å². The first-order valence-electron chi connectivity index (χ1n) is 6.50. The van der Waals surface area contributed by atoms with Crippen LogP contribution in [0.25, 0.3) is 0 Å². The average molecular weight is 341 g/mol. The van der Waals surface area contributed by atoms with Gasteiger partial charge in [0, 0.05) is 23.8 Å². The van der Waals surface area contributed by atoms with E-state index in [1.165, 1.54) is 0 Å². The van der Waals surface area contributed by atoms with E-state index in [0.29, 0.717) is 18.9 Å². The molecule has 1 fully saturated rings. The van der Waals surface area contributed by atoms with Gasteiger partial charge in [0.05, 0.1) is 12.5 Å². The molecule has 0 saturated carbocycles. The topological polar surface area (TPSA) is 88.3 Å². The second kappa shape index (κ2) is 6.81. The maximum absolute atomic E-state index is 12.2. The number of nitrogens with zero attached hydrogens (tertiary/aromatic N) is 2. The molecule has 0 radical (unpaired) electrons. The smallest absolute Gasteiger partial charge is 0.236 e. The minimum atomic E-state index is -0.204. The summed E-state index contributed by atoms with van der Waals surface area (Å²) in [5, 5.41) is 2.78. The molecule has 0 aromatic carbocycles. The van der Waals surface area contributed by atoms with E-state index in [0.717, 1.165) is 17.3 Å². The Morgan fingerprint density at radius 3 is 2.95 bits per heavy atom. The second-order valence-corrected chi connectivity index (χ2v) is 5.65. The Hall–Kier alpha value is -1.47. The Bertz CT molecular complexity index is 492. The van der Waals surface area contributed by atoms with E-state index >= 15 is 0 Å². The highest BCUT2D eigenvalue weighted by Gasteiger charge is 2.27. The summed E-state index contributed by atoms with van der Waals surface area (Å²) in [4.78, 5) is 29.5. The number of anilines is 1. The van der Waals surface area contributed by atoms with Crippen molar-refractivity contribution >= 4 is 33.6 Å². The summed E-state index contributed by atoms with van der Waals surface area (Å²) in [5.74, 6) is 0.101. The highest BCUT2D eigenvalue weighted by Crippen LogP contribution is 2.18. The number of halogens is 1. The third-order valence-electron chi connectivity index (χ3n) is 3.30. The van der Waals surface area contributed by atoms with Crippen LogP contribution in [0.1, 0.15) is 12.8 Å². The molecule has 0 bridgehead atoms. The fourth-order valence-corrected chi connectivity index (χ4v) is 2.46. The minimum Gasteiger partial charge on any atom is -0.341 e. The van der Waals surface area contributed by atoms with Crippen molar-refractivity contribution in [3.63, 3.8) is 0 Å². The van der Waals surface area contributed by atoms with Crippen molar-refractivity contribution < 1.29 is 9.59 Å². The number of pyridine rings is 1. The summed E-state index contributed by atoms with van der Waals surface area (Å²) in [6.45, 7) is 1.09. The number of amides is 2. The van der Waals surface area contributed by atoms with E-state index in [1.807, 2.05) is 6.07 Å². The fraction of sp³-hybridized carbons (Fsp3) is 0.462. The van der Waals surface area contributed by atoms with Gasteiger partial charge in [-0.2, -0.15) is 0 Å². The predicted molar refractivity (Wildman–Crippen MR) is 78.9 cm³/mol. The second-order valence-electron chi connectivity index (χ2n) is 4.73. The van der Waals surface area contributed by atoms with E-state index in [1.54, 1.807) is 17.2 Å². The van der Waals surface area contributed by atoms with Crippen molar-refractivity contribution in [3.8, 4) is 0 Å². The van der Waals surface area contributed by atoms with Crippen molar-refractivity contribution in [1.82, 2.24) is 9.88 Å². The maximum atomic E-state index is 12.2. The first-order valence-corrected chi connectivity index (χ1v) is 7.29. The van der Waals surface area contributed by atoms with Crippen LogP contribution in [0.15, 0.2) is 22.8 Å². The zero-order valence-corrected chi connectivity index (χ0v) is 12.6. The number of nitrogens with one attached hydrogen (secondary N) is 1. The molecule has 2 amide bonds. The summed E-state index contributed by atoms with van der Waals surface area (Å²) in [6, 6.07) is 3.54. The molecule has 7 heteroatoms. The number of carbonyl (C=O) groups is 2. The molecule has 1 atom stereocenters. The number of piperidine rings is 1. The number of aromatic nitrogens is 1. The lowest BCUT2D eigenvalue weighted by Crippen LogP contribution is -2.45. The monoisotopic (exact) mass is 340 g/mol. The molecule has 108 valence electrons. The standard InChI is InChI=1S/C13H17BrN4O2/c14-10-3-4-11(16-7-10)17-13(20)9-2-1-5-18(8-9)12(19)6-15/h3-4,7,9H,1-2,5-6,8,15H2,(H,16,17,20). The molecule has 1 aromatic rings. The van der Waals surface area contributed by atoms with Crippen LogP contribution < -0.4 is 11.1 Å². The van der Waals surface area contributed by atoms with Gasteiger partial charge >= 0.3 is 0 Å².